The average molecular weight is 290 g/mol. The van der Waals surface area contributed by atoms with Crippen molar-refractivity contribution in [2.24, 2.45) is 0 Å². The summed E-state index contributed by atoms with van der Waals surface area (Å²) in [6.45, 7) is 0.227. The fraction of sp³-hybridized carbons (Fsp3) is 0.188. The highest BCUT2D eigenvalue weighted by Crippen LogP contribution is 2.12. The van der Waals surface area contributed by atoms with Crippen molar-refractivity contribution in [3.05, 3.63) is 65.2 Å². The van der Waals surface area contributed by atoms with Gasteiger partial charge >= 0.3 is 0 Å². The van der Waals surface area contributed by atoms with Crippen molar-refractivity contribution in [2.75, 3.05) is 12.8 Å². The highest BCUT2D eigenvalue weighted by Gasteiger charge is 2.11. The Labute approximate surface area is 122 Å². The SMILES string of the molecule is CN(Cc1ccc(F)c(F)c1)C(=O)Cc1ccc(N)cc1. The highest BCUT2D eigenvalue weighted by molar-refractivity contribution is 5.78. The summed E-state index contributed by atoms with van der Waals surface area (Å²) >= 11 is 0. The van der Waals surface area contributed by atoms with Crippen molar-refractivity contribution in [3.63, 3.8) is 0 Å². The van der Waals surface area contributed by atoms with Gasteiger partial charge in [0.05, 0.1) is 6.42 Å². The van der Waals surface area contributed by atoms with Crippen molar-refractivity contribution >= 4 is 11.6 Å². The molecule has 2 aromatic rings. The van der Waals surface area contributed by atoms with Crippen LogP contribution in [0.5, 0.6) is 0 Å². The maximum Gasteiger partial charge on any atom is 0.227 e. The average Bonchev–Trinajstić information content (AvgIpc) is 2.45. The standard InChI is InChI=1S/C16H16F2N2O/c1-20(10-12-4-7-14(17)15(18)8-12)16(21)9-11-2-5-13(19)6-3-11/h2-8H,9-10,19H2,1H3. The van der Waals surface area contributed by atoms with E-state index in [-0.39, 0.29) is 18.9 Å². The van der Waals surface area contributed by atoms with Gasteiger partial charge in [-0.15, -0.1) is 0 Å². The van der Waals surface area contributed by atoms with E-state index in [0.29, 0.717) is 11.3 Å². The first-order valence-corrected chi connectivity index (χ1v) is 6.48. The minimum absolute atomic E-state index is 0.107. The van der Waals surface area contributed by atoms with Crippen LogP contribution in [0.2, 0.25) is 0 Å². The molecular formula is C16H16F2N2O. The molecule has 0 radical (unpaired) electrons. The molecule has 5 heteroatoms. The van der Waals surface area contributed by atoms with E-state index >= 15 is 0 Å². The van der Waals surface area contributed by atoms with Gasteiger partial charge < -0.3 is 10.6 Å². The van der Waals surface area contributed by atoms with Gasteiger partial charge in [-0.2, -0.15) is 0 Å². The summed E-state index contributed by atoms with van der Waals surface area (Å²) in [5.74, 6) is -1.91. The monoisotopic (exact) mass is 290 g/mol. The van der Waals surface area contributed by atoms with Crippen LogP contribution in [0.1, 0.15) is 11.1 Å². The normalized spacial score (nSPS) is 10.4. The number of carbonyl (C=O) groups is 1. The van der Waals surface area contributed by atoms with Gasteiger partial charge in [-0.25, -0.2) is 8.78 Å². The van der Waals surface area contributed by atoms with Crippen molar-refractivity contribution < 1.29 is 13.6 Å². The fourth-order valence-electron chi connectivity index (χ4n) is 1.95. The van der Waals surface area contributed by atoms with Gasteiger partial charge in [-0.3, -0.25) is 4.79 Å². The molecule has 1 amide bonds. The third kappa shape index (κ3) is 4.02. The molecule has 0 saturated heterocycles. The minimum Gasteiger partial charge on any atom is -0.399 e. The molecule has 110 valence electrons. The molecule has 0 aliphatic carbocycles. The van der Waals surface area contributed by atoms with Crippen LogP contribution in [0.25, 0.3) is 0 Å². The summed E-state index contributed by atoms with van der Waals surface area (Å²) < 4.78 is 26.0. The Kier molecular flexibility index (Phi) is 4.52. The van der Waals surface area contributed by atoms with Crippen molar-refractivity contribution in [3.8, 4) is 0 Å². The van der Waals surface area contributed by atoms with E-state index < -0.39 is 11.6 Å². The largest absolute Gasteiger partial charge is 0.399 e. The molecule has 2 rings (SSSR count). The Balaban J connectivity index is 1.98. The number of nitrogens with two attached hydrogens (primary N) is 1. The Morgan fingerprint density at radius 2 is 1.67 bits per heavy atom. The third-order valence-electron chi connectivity index (χ3n) is 3.16. The molecular weight excluding hydrogens is 274 g/mol. The Morgan fingerprint density at radius 1 is 1.05 bits per heavy atom. The lowest BCUT2D eigenvalue weighted by Crippen LogP contribution is -2.27. The lowest BCUT2D eigenvalue weighted by atomic mass is 10.1. The van der Waals surface area contributed by atoms with Crippen molar-refractivity contribution in [2.45, 2.75) is 13.0 Å². The quantitative estimate of drug-likeness (QED) is 0.880. The number of hydrogen-bond acceptors (Lipinski definition) is 2. The minimum atomic E-state index is -0.910. The first kappa shape index (κ1) is 15.0. The van der Waals surface area contributed by atoms with Crippen LogP contribution in [0.15, 0.2) is 42.5 Å². The van der Waals surface area contributed by atoms with Crippen LogP contribution in [0, 0.1) is 11.6 Å². The van der Waals surface area contributed by atoms with Crippen LogP contribution in [0.3, 0.4) is 0 Å². The number of rotatable bonds is 4. The molecule has 0 saturated carbocycles. The second kappa shape index (κ2) is 6.35. The predicted octanol–water partition coefficient (Wildman–Crippen LogP) is 2.75. The first-order valence-electron chi connectivity index (χ1n) is 6.48. The molecule has 2 aromatic carbocycles. The molecule has 0 atom stereocenters. The molecule has 2 N–H and O–H groups in total. The predicted molar refractivity (Wildman–Crippen MR) is 77.4 cm³/mol. The Bertz CT molecular complexity index is 641. The van der Waals surface area contributed by atoms with Gasteiger partial charge in [-0.1, -0.05) is 18.2 Å². The van der Waals surface area contributed by atoms with E-state index in [9.17, 15) is 13.6 Å². The topological polar surface area (TPSA) is 46.3 Å². The van der Waals surface area contributed by atoms with Crippen LogP contribution in [0.4, 0.5) is 14.5 Å². The van der Waals surface area contributed by atoms with E-state index in [0.717, 1.165) is 17.7 Å². The molecule has 0 heterocycles. The van der Waals surface area contributed by atoms with Crippen LogP contribution in [-0.4, -0.2) is 17.9 Å². The zero-order valence-corrected chi connectivity index (χ0v) is 11.6. The van der Waals surface area contributed by atoms with E-state index in [1.807, 2.05) is 0 Å². The molecule has 3 nitrogen and oxygen atoms in total. The van der Waals surface area contributed by atoms with Gasteiger partial charge in [0.15, 0.2) is 11.6 Å². The summed E-state index contributed by atoms with van der Waals surface area (Å²) in [6, 6.07) is 10.7. The van der Waals surface area contributed by atoms with E-state index in [1.165, 1.54) is 11.0 Å². The summed E-state index contributed by atoms with van der Waals surface area (Å²) in [5.41, 5.74) is 7.62. The number of amides is 1. The second-order valence-corrected chi connectivity index (χ2v) is 4.92. The van der Waals surface area contributed by atoms with Crippen LogP contribution in [-0.2, 0) is 17.8 Å². The van der Waals surface area contributed by atoms with Gasteiger partial charge in [-0.05, 0) is 35.4 Å². The first-order chi connectivity index (χ1) is 9.95. The zero-order chi connectivity index (χ0) is 15.4. The molecule has 0 bridgehead atoms. The fourth-order valence-corrected chi connectivity index (χ4v) is 1.95. The lowest BCUT2D eigenvalue weighted by molar-refractivity contribution is -0.129. The smallest absolute Gasteiger partial charge is 0.227 e. The number of likely N-dealkylation sites (N-methyl/N-ethyl adjacent to an activating group) is 1. The summed E-state index contributed by atoms with van der Waals surface area (Å²) in [5, 5.41) is 0. The summed E-state index contributed by atoms with van der Waals surface area (Å²) in [4.78, 5) is 13.6. The van der Waals surface area contributed by atoms with E-state index in [1.54, 1.807) is 31.3 Å². The molecule has 0 unspecified atom stereocenters. The maximum atomic E-state index is 13.1. The van der Waals surface area contributed by atoms with Crippen molar-refractivity contribution in [1.82, 2.24) is 4.90 Å². The molecule has 0 spiro atoms. The zero-order valence-electron chi connectivity index (χ0n) is 11.6. The van der Waals surface area contributed by atoms with Crippen LogP contribution < -0.4 is 5.73 Å². The number of anilines is 1. The number of hydrogen-bond donors (Lipinski definition) is 1. The molecule has 0 aliphatic rings. The van der Waals surface area contributed by atoms with Gasteiger partial charge in [0, 0.05) is 19.3 Å². The molecule has 0 fully saturated rings. The molecule has 21 heavy (non-hydrogen) atoms. The molecule has 0 aromatic heterocycles. The second-order valence-electron chi connectivity index (χ2n) is 4.92. The van der Waals surface area contributed by atoms with Crippen LogP contribution >= 0.6 is 0 Å². The van der Waals surface area contributed by atoms with Gasteiger partial charge in [0.1, 0.15) is 0 Å². The summed E-state index contributed by atoms with van der Waals surface area (Å²) in [7, 11) is 1.63. The summed E-state index contributed by atoms with van der Waals surface area (Å²) in [6.07, 6.45) is 0.237. The maximum absolute atomic E-state index is 13.1. The highest BCUT2D eigenvalue weighted by atomic mass is 19.2. The lowest BCUT2D eigenvalue weighted by Gasteiger charge is -2.17. The van der Waals surface area contributed by atoms with E-state index in [2.05, 4.69) is 0 Å². The number of halogens is 2. The van der Waals surface area contributed by atoms with Gasteiger partial charge in [0.25, 0.3) is 0 Å². The Morgan fingerprint density at radius 3 is 2.29 bits per heavy atom. The Hall–Kier alpha value is -2.43. The number of nitrogen functional groups attached to an aromatic ring is 1. The number of nitrogens with zero attached hydrogens (tertiary/aromatic N) is 1. The molecule has 0 aliphatic heterocycles. The van der Waals surface area contributed by atoms with E-state index in [4.69, 9.17) is 5.73 Å². The third-order valence-corrected chi connectivity index (χ3v) is 3.16. The number of carbonyl (C=O) groups excluding carboxylic acids is 1. The van der Waals surface area contributed by atoms with Gasteiger partial charge in [0.2, 0.25) is 5.91 Å². The van der Waals surface area contributed by atoms with Crippen molar-refractivity contribution in [1.29, 1.82) is 0 Å². The number of benzene rings is 2.